The van der Waals surface area contributed by atoms with Gasteiger partial charge >= 0.3 is 5.97 Å². The molecule has 0 unspecified atom stereocenters. The largest absolute Gasteiger partial charge is 0.469 e. The Morgan fingerprint density at radius 1 is 1.10 bits per heavy atom. The van der Waals surface area contributed by atoms with Gasteiger partial charge in [0.05, 0.1) is 7.11 Å². The minimum atomic E-state index is -0.126. The monoisotopic (exact) mass is 266 g/mol. The number of fused-ring (bicyclic) bond motifs is 3. The summed E-state index contributed by atoms with van der Waals surface area (Å²) in [7, 11) is 1.44. The fourth-order valence-corrected chi connectivity index (χ4v) is 2.89. The molecule has 0 amide bonds. The van der Waals surface area contributed by atoms with Crippen molar-refractivity contribution in [2.24, 2.45) is 0 Å². The summed E-state index contributed by atoms with van der Waals surface area (Å²) in [6.07, 6.45) is 3.29. The van der Waals surface area contributed by atoms with Gasteiger partial charge in [0, 0.05) is 6.42 Å². The fraction of sp³-hybridized carbons (Fsp3) is 0.278. The lowest BCUT2D eigenvalue weighted by Crippen LogP contribution is -2.00. The Bertz CT molecular complexity index is 644. The number of benzene rings is 2. The lowest BCUT2D eigenvalue weighted by molar-refractivity contribution is -0.140. The standard InChI is InChI=1S/C18H18O2/c1-20-18(19)8-4-5-13-9-10-17-15(11-13)12-14-6-2-3-7-16(14)17/h2-3,6-7,9-11H,4-5,8,12H2,1H3. The molecule has 0 N–H and O–H groups in total. The van der Waals surface area contributed by atoms with Gasteiger partial charge in [-0.2, -0.15) is 0 Å². The number of rotatable bonds is 4. The highest BCUT2D eigenvalue weighted by molar-refractivity contribution is 5.76. The highest BCUT2D eigenvalue weighted by Crippen LogP contribution is 2.36. The number of aryl methyl sites for hydroxylation is 1. The summed E-state index contributed by atoms with van der Waals surface area (Å²) in [5.74, 6) is -0.126. The van der Waals surface area contributed by atoms with Crippen molar-refractivity contribution in [3.05, 3.63) is 59.2 Å². The molecular weight excluding hydrogens is 248 g/mol. The van der Waals surface area contributed by atoms with Gasteiger partial charge in [0.2, 0.25) is 0 Å². The van der Waals surface area contributed by atoms with Gasteiger partial charge in [-0.05, 0) is 47.1 Å². The Kier molecular flexibility index (Phi) is 3.55. The summed E-state index contributed by atoms with van der Waals surface area (Å²) in [6.45, 7) is 0. The second-order valence-electron chi connectivity index (χ2n) is 5.26. The third-order valence-electron chi connectivity index (χ3n) is 3.93. The Morgan fingerprint density at radius 3 is 2.75 bits per heavy atom. The average molecular weight is 266 g/mol. The second kappa shape index (κ2) is 5.49. The number of hydrogen-bond donors (Lipinski definition) is 0. The van der Waals surface area contributed by atoms with Crippen LogP contribution in [0.15, 0.2) is 42.5 Å². The van der Waals surface area contributed by atoms with E-state index in [2.05, 4.69) is 47.2 Å². The molecule has 0 heterocycles. The molecule has 0 atom stereocenters. The third kappa shape index (κ3) is 2.46. The summed E-state index contributed by atoms with van der Waals surface area (Å²) < 4.78 is 4.67. The smallest absolute Gasteiger partial charge is 0.305 e. The van der Waals surface area contributed by atoms with Gasteiger partial charge in [-0.25, -0.2) is 0 Å². The predicted octanol–water partition coefficient (Wildman–Crippen LogP) is 3.75. The van der Waals surface area contributed by atoms with Crippen molar-refractivity contribution in [1.29, 1.82) is 0 Å². The molecule has 0 fully saturated rings. The van der Waals surface area contributed by atoms with Crippen LogP contribution in [0.1, 0.15) is 29.5 Å². The number of methoxy groups -OCH3 is 1. The molecule has 0 saturated carbocycles. The molecule has 2 heteroatoms. The molecule has 0 spiro atoms. The highest BCUT2D eigenvalue weighted by atomic mass is 16.5. The van der Waals surface area contributed by atoms with E-state index in [0.29, 0.717) is 6.42 Å². The molecule has 0 aliphatic heterocycles. The zero-order valence-corrected chi connectivity index (χ0v) is 11.7. The van der Waals surface area contributed by atoms with Crippen LogP contribution in [0.4, 0.5) is 0 Å². The Hall–Kier alpha value is -2.09. The van der Waals surface area contributed by atoms with Crippen molar-refractivity contribution in [2.45, 2.75) is 25.7 Å². The first-order valence-corrected chi connectivity index (χ1v) is 7.05. The van der Waals surface area contributed by atoms with E-state index in [4.69, 9.17) is 0 Å². The number of carbonyl (C=O) groups is 1. The van der Waals surface area contributed by atoms with Crippen LogP contribution in [0.5, 0.6) is 0 Å². The Balaban J connectivity index is 1.72. The molecule has 20 heavy (non-hydrogen) atoms. The van der Waals surface area contributed by atoms with Gasteiger partial charge in [-0.1, -0.05) is 42.5 Å². The van der Waals surface area contributed by atoms with Crippen LogP contribution in [-0.2, 0) is 22.4 Å². The van der Waals surface area contributed by atoms with Crippen molar-refractivity contribution in [2.75, 3.05) is 7.11 Å². The predicted molar refractivity (Wildman–Crippen MR) is 79.6 cm³/mol. The normalized spacial score (nSPS) is 11.8. The van der Waals surface area contributed by atoms with E-state index in [-0.39, 0.29) is 5.97 Å². The molecular formula is C18H18O2. The van der Waals surface area contributed by atoms with Crippen molar-refractivity contribution in [3.63, 3.8) is 0 Å². The van der Waals surface area contributed by atoms with Crippen LogP contribution in [0.3, 0.4) is 0 Å². The minimum absolute atomic E-state index is 0.126. The van der Waals surface area contributed by atoms with Gasteiger partial charge in [0.15, 0.2) is 0 Å². The average Bonchev–Trinajstić information content (AvgIpc) is 2.84. The van der Waals surface area contributed by atoms with Crippen LogP contribution < -0.4 is 0 Å². The minimum Gasteiger partial charge on any atom is -0.469 e. The first-order valence-electron chi connectivity index (χ1n) is 7.05. The Labute approximate surface area is 119 Å². The third-order valence-corrected chi connectivity index (χ3v) is 3.93. The number of esters is 1. The summed E-state index contributed by atoms with van der Waals surface area (Å²) in [6, 6.07) is 15.3. The van der Waals surface area contributed by atoms with E-state index in [1.165, 1.54) is 34.9 Å². The fourth-order valence-electron chi connectivity index (χ4n) is 2.89. The van der Waals surface area contributed by atoms with Gasteiger partial charge in [0.1, 0.15) is 0 Å². The Morgan fingerprint density at radius 2 is 1.90 bits per heavy atom. The lowest BCUT2D eigenvalue weighted by atomic mass is 10.0. The molecule has 2 nitrogen and oxygen atoms in total. The maximum atomic E-state index is 11.1. The number of hydrogen-bond acceptors (Lipinski definition) is 2. The summed E-state index contributed by atoms with van der Waals surface area (Å²) in [5.41, 5.74) is 6.84. The number of ether oxygens (including phenoxy) is 1. The van der Waals surface area contributed by atoms with Crippen LogP contribution in [0, 0.1) is 0 Å². The zero-order valence-electron chi connectivity index (χ0n) is 11.7. The lowest BCUT2D eigenvalue weighted by Gasteiger charge is -2.05. The molecule has 1 aliphatic rings. The van der Waals surface area contributed by atoms with Gasteiger partial charge in [-0.15, -0.1) is 0 Å². The van der Waals surface area contributed by atoms with Crippen molar-refractivity contribution in [3.8, 4) is 11.1 Å². The molecule has 1 aliphatic carbocycles. The SMILES string of the molecule is COC(=O)CCCc1ccc2c(c1)Cc1ccccc1-2. The zero-order chi connectivity index (χ0) is 13.9. The van der Waals surface area contributed by atoms with Gasteiger partial charge < -0.3 is 4.74 Å². The summed E-state index contributed by atoms with van der Waals surface area (Å²) in [4.78, 5) is 11.1. The molecule has 102 valence electrons. The molecule has 0 radical (unpaired) electrons. The topological polar surface area (TPSA) is 26.3 Å². The van der Waals surface area contributed by atoms with Gasteiger partial charge in [-0.3, -0.25) is 4.79 Å². The van der Waals surface area contributed by atoms with Gasteiger partial charge in [0.25, 0.3) is 0 Å². The van der Waals surface area contributed by atoms with E-state index in [9.17, 15) is 4.79 Å². The van der Waals surface area contributed by atoms with Crippen LogP contribution in [0.2, 0.25) is 0 Å². The van der Waals surface area contributed by atoms with E-state index in [1.54, 1.807) is 0 Å². The molecule has 0 aromatic heterocycles. The van der Waals surface area contributed by atoms with Crippen molar-refractivity contribution in [1.82, 2.24) is 0 Å². The highest BCUT2D eigenvalue weighted by Gasteiger charge is 2.17. The molecule has 2 aromatic rings. The van der Waals surface area contributed by atoms with E-state index >= 15 is 0 Å². The quantitative estimate of drug-likeness (QED) is 0.672. The molecule has 0 saturated heterocycles. The van der Waals surface area contributed by atoms with E-state index < -0.39 is 0 Å². The second-order valence-corrected chi connectivity index (χ2v) is 5.26. The van der Waals surface area contributed by atoms with Crippen LogP contribution in [-0.4, -0.2) is 13.1 Å². The summed E-state index contributed by atoms with van der Waals surface area (Å²) in [5, 5.41) is 0. The molecule has 2 aromatic carbocycles. The first-order chi connectivity index (χ1) is 9.78. The van der Waals surface area contributed by atoms with Crippen LogP contribution >= 0.6 is 0 Å². The molecule has 3 rings (SSSR count). The van der Waals surface area contributed by atoms with Crippen LogP contribution in [0.25, 0.3) is 11.1 Å². The first kappa shape index (κ1) is 12.9. The van der Waals surface area contributed by atoms with Crippen molar-refractivity contribution < 1.29 is 9.53 Å². The van der Waals surface area contributed by atoms with E-state index in [1.807, 2.05) is 0 Å². The molecule has 0 bridgehead atoms. The maximum Gasteiger partial charge on any atom is 0.305 e. The van der Waals surface area contributed by atoms with E-state index in [0.717, 1.165) is 19.3 Å². The summed E-state index contributed by atoms with van der Waals surface area (Å²) >= 11 is 0. The maximum absolute atomic E-state index is 11.1. The van der Waals surface area contributed by atoms with Crippen molar-refractivity contribution >= 4 is 5.97 Å². The number of carbonyl (C=O) groups excluding carboxylic acids is 1.